The van der Waals surface area contributed by atoms with Crippen LogP contribution in [0.5, 0.6) is 11.5 Å². The molecule has 33 heavy (non-hydrogen) atoms. The quantitative estimate of drug-likeness (QED) is 0.219. The lowest BCUT2D eigenvalue weighted by molar-refractivity contribution is -0.274. The fourth-order valence-corrected chi connectivity index (χ4v) is 4.62. The number of benzene rings is 3. The molecule has 0 fully saturated rings. The zero-order chi connectivity index (χ0) is 23.8. The van der Waals surface area contributed by atoms with Crippen molar-refractivity contribution in [1.29, 1.82) is 0 Å². The molecule has 0 radical (unpaired) electrons. The van der Waals surface area contributed by atoms with Gasteiger partial charge >= 0.3 is 12.3 Å². The lowest BCUT2D eigenvalue weighted by atomic mass is 9.98. The number of thioether (sulfide) groups is 1. The van der Waals surface area contributed by atoms with E-state index in [2.05, 4.69) is 27.3 Å². The molecule has 9 heteroatoms. The van der Waals surface area contributed by atoms with Gasteiger partial charge in [0.25, 0.3) is 0 Å². The van der Waals surface area contributed by atoms with Crippen molar-refractivity contribution < 1.29 is 32.5 Å². The van der Waals surface area contributed by atoms with E-state index in [0.717, 1.165) is 19.6 Å². The lowest BCUT2D eigenvalue weighted by Gasteiger charge is -2.13. The van der Waals surface area contributed by atoms with Gasteiger partial charge in [-0.15, -0.1) is 24.9 Å². The molecule has 4 nitrogen and oxygen atoms in total. The summed E-state index contributed by atoms with van der Waals surface area (Å²) in [5, 5.41) is 8.75. The molecule has 172 valence electrons. The number of carboxylic acid groups (broad SMARTS) is 1. The van der Waals surface area contributed by atoms with Crippen molar-refractivity contribution in [2.24, 2.45) is 0 Å². The number of rotatable bonds is 9. The molecule has 0 aliphatic rings. The minimum Gasteiger partial charge on any atom is -0.481 e. The molecule has 0 heterocycles. The van der Waals surface area contributed by atoms with E-state index >= 15 is 0 Å². The first-order valence-corrected chi connectivity index (χ1v) is 11.7. The molecule has 3 aromatic carbocycles. The molecule has 0 amide bonds. The van der Waals surface area contributed by atoms with Crippen LogP contribution in [-0.4, -0.2) is 29.8 Å². The maximum absolute atomic E-state index is 12.7. The van der Waals surface area contributed by atoms with Gasteiger partial charge in [-0.3, -0.25) is 0 Å². The summed E-state index contributed by atoms with van der Waals surface area (Å²) in [7, 11) is 0. The molecular formula is C24H18F3IO4S. The van der Waals surface area contributed by atoms with Crippen molar-refractivity contribution in [3.63, 3.8) is 0 Å². The van der Waals surface area contributed by atoms with Crippen molar-refractivity contribution in [2.45, 2.75) is 11.3 Å². The molecule has 1 N–H and O–H groups in total. The summed E-state index contributed by atoms with van der Waals surface area (Å²) in [4.78, 5) is 11.6. The van der Waals surface area contributed by atoms with E-state index < -0.39 is 18.9 Å². The Labute approximate surface area is 206 Å². The average Bonchev–Trinajstić information content (AvgIpc) is 2.75. The summed E-state index contributed by atoms with van der Waals surface area (Å²) in [6, 6.07) is 20.7. The Morgan fingerprint density at radius 1 is 1.00 bits per heavy atom. The molecule has 3 aromatic rings. The van der Waals surface area contributed by atoms with Crippen molar-refractivity contribution in [1.82, 2.24) is 0 Å². The zero-order valence-corrected chi connectivity index (χ0v) is 20.0. The first kappa shape index (κ1) is 25.0. The van der Waals surface area contributed by atoms with E-state index in [9.17, 15) is 18.0 Å². The maximum atomic E-state index is 12.7. The van der Waals surface area contributed by atoms with Crippen molar-refractivity contribution in [3.8, 4) is 11.5 Å². The topological polar surface area (TPSA) is 55.8 Å². The van der Waals surface area contributed by atoms with Crippen LogP contribution in [0.3, 0.4) is 0 Å². The predicted octanol–water partition coefficient (Wildman–Crippen LogP) is 6.88. The van der Waals surface area contributed by atoms with Crippen LogP contribution in [0.25, 0.3) is 5.57 Å². The third-order valence-electron chi connectivity index (χ3n) is 4.26. The van der Waals surface area contributed by atoms with Crippen LogP contribution < -0.4 is 9.47 Å². The van der Waals surface area contributed by atoms with E-state index in [-0.39, 0.29) is 5.75 Å². The van der Waals surface area contributed by atoms with Gasteiger partial charge in [-0.2, -0.15) is 0 Å². The number of ether oxygens (including phenoxy) is 2. The summed E-state index contributed by atoms with van der Waals surface area (Å²) >= 11 is 3.61. The molecule has 0 bridgehead atoms. The number of hydrogen-bond donors (Lipinski definition) is 1. The second-order valence-corrected chi connectivity index (χ2v) is 8.90. The molecule has 0 saturated heterocycles. The number of aliphatic carboxylic acids is 1. The second kappa shape index (κ2) is 11.5. The number of carbonyl (C=O) groups is 1. The summed E-state index contributed by atoms with van der Waals surface area (Å²) in [5.41, 5.74) is 2.26. The second-order valence-electron chi connectivity index (χ2n) is 6.65. The Morgan fingerprint density at radius 2 is 1.73 bits per heavy atom. The Morgan fingerprint density at radius 3 is 2.39 bits per heavy atom. The number of halogens is 4. The van der Waals surface area contributed by atoms with Gasteiger partial charge in [0, 0.05) is 10.6 Å². The zero-order valence-electron chi connectivity index (χ0n) is 17.0. The van der Waals surface area contributed by atoms with Gasteiger partial charge in [-0.05, 0) is 69.6 Å². The maximum Gasteiger partial charge on any atom is 0.573 e. The van der Waals surface area contributed by atoms with Crippen LogP contribution in [0.4, 0.5) is 13.2 Å². The number of carboxylic acids is 1. The van der Waals surface area contributed by atoms with Gasteiger partial charge in [0.05, 0.1) is 3.57 Å². The first-order chi connectivity index (χ1) is 15.7. The summed E-state index contributed by atoms with van der Waals surface area (Å²) in [6.07, 6.45) is -2.81. The van der Waals surface area contributed by atoms with Crippen LogP contribution in [-0.2, 0) is 4.79 Å². The van der Waals surface area contributed by atoms with Crippen molar-refractivity contribution in [2.75, 3.05) is 12.4 Å². The smallest absolute Gasteiger partial charge is 0.481 e. The predicted molar refractivity (Wildman–Crippen MR) is 130 cm³/mol. The van der Waals surface area contributed by atoms with Crippen LogP contribution in [0.15, 0.2) is 83.8 Å². The van der Waals surface area contributed by atoms with Crippen LogP contribution in [0.1, 0.15) is 11.1 Å². The summed E-state index contributed by atoms with van der Waals surface area (Å²) < 4.78 is 48.1. The lowest BCUT2D eigenvalue weighted by Crippen LogP contribution is -2.17. The minimum absolute atomic E-state index is 0.277. The van der Waals surface area contributed by atoms with Gasteiger partial charge in [0.15, 0.2) is 6.61 Å². The summed E-state index contributed by atoms with van der Waals surface area (Å²) in [6.45, 7) is -0.414. The van der Waals surface area contributed by atoms with Gasteiger partial charge in [0.2, 0.25) is 0 Å². The highest BCUT2D eigenvalue weighted by molar-refractivity contribution is 14.1. The number of alkyl halides is 3. The standard InChI is InChI=1S/C24H18F3IO4S/c25-24(26,27)32-18-8-4-7-17(13-18)20(16-5-2-1-3-6-16)11-12-33-19-9-10-22(21(28)14-19)31-15-23(29)30/h1-11,13-14H,12,15H2,(H,29,30)/b20-11-. The Bertz CT molecular complexity index is 1130. The third kappa shape index (κ3) is 8.01. The Hall–Kier alpha value is -2.66. The molecule has 0 aromatic heterocycles. The van der Waals surface area contributed by atoms with Gasteiger partial charge < -0.3 is 14.6 Å². The van der Waals surface area contributed by atoms with Crippen LogP contribution in [0.2, 0.25) is 0 Å². The molecule has 0 saturated carbocycles. The fourth-order valence-electron chi connectivity index (χ4n) is 2.93. The van der Waals surface area contributed by atoms with E-state index in [1.807, 2.05) is 48.5 Å². The van der Waals surface area contributed by atoms with Crippen LogP contribution >= 0.6 is 34.4 Å². The molecule has 3 rings (SSSR count). The normalized spacial score (nSPS) is 11.8. The Kier molecular flexibility index (Phi) is 8.67. The highest BCUT2D eigenvalue weighted by Gasteiger charge is 2.31. The van der Waals surface area contributed by atoms with E-state index in [4.69, 9.17) is 9.84 Å². The highest BCUT2D eigenvalue weighted by atomic mass is 127. The van der Waals surface area contributed by atoms with E-state index in [1.165, 1.54) is 30.0 Å². The molecule has 0 aliphatic heterocycles. The molecule has 0 unspecified atom stereocenters. The fraction of sp³-hybridized carbons (Fsp3) is 0.125. The van der Waals surface area contributed by atoms with Crippen molar-refractivity contribution >= 4 is 45.9 Å². The minimum atomic E-state index is -4.76. The Balaban J connectivity index is 1.80. The average molecular weight is 586 g/mol. The SMILES string of the molecule is O=C(O)COc1ccc(SC/C=C(/c2ccccc2)c2cccc(OC(F)(F)F)c2)cc1I. The molecule has 0 atom stereocenters. The summed E-state index contributed by atoms with van der Waals surface area (Å²) in [5.74, 6) is -0.280. The molecule has 0 spiro atoms. The molecular weight excluding hydrogens is 568 g/mol. The largest absolute Gasteiger partial charge is 0.573 e. The van der Waals surface area contributed by atoms with Gasteiger partial charge in [-0.1, -0.05) is 48.5 Å². The number of hydrogen-bond acceptors (Lipinski definition) is 4. The third-order valence-corrected chi connectivity index (χ3v) is 6.02. The van der Waals surface area contributed by atoms with Gasteiger partial charge in [0.1, 0.15) is 11.5 Å². The highest BCUT2D eigenvalue weighted by Crippen LogP contribution is 2.31. The van der Waals surface area contributed by atoms with Crippen molar-refractivity contribution in [3.05, 3.63) is 93.6 Å². The first-order valence-electron chi connectivity index (χ1n) is 9.60. The monoisotopic (exact) mass is 586 g/mol. The molecule has 0 aliphatic carbocycles. The van der Waals surface area contributed by atoms with E-state index in [1.54, 1.807) is 12.1 Å². The van der Waals surface area contributed by atoms with Crippen LogP contribution in [0, 0.1) is 3.57 Å². The van der Waals surface area contributed by atoms with Gasteiger partial charge in [-0.25, -0.2) is 4.79 Å². The van der Waals surface area contributed by atoms with E-state index in [0.29, 0.717) is 17.1 Å².